The zero-order chi connectivity index (χ0) is 18.9. The lowest BCUT2D eigenvalue weighted by Gasteiger charge is -2.25. The average molecular weight is 471 g/mol. The lowest BCUT2D eigenvalue weighted by Crippen LogP contribution is -2.09. The van der Waals surface area contributed by atoms with Gasteiger partial charge in [0.05, 0.1) is 6.61 Å². The molecule has 0 spiro atoms. The van der Waals surface area contributed by atoms with E-state index in [9.17, 15) is 0 Å². The predicted octanol–water partition coefficient (Wildman–Crippen LogP) is 7.72. The Bertz CT molecular complexity index is 800. The van der Waals surface area contributed by atoms with E-state index in [2.05, 4.69) is 107 Å². The molecule has 0 saturated carbocycles. The van der Waals surface area contributed by atoms with Gasteiger partial charge in [-0.15, -0.1) is 0 Å². The highest BCUT2D eigenvalue weighted by Crippen LogP contribution is 2.35. The summed E-state index contributed by atoms with van der Waals surface area (Å²) in [6.45, 7) is 3.02. The molecule has 0 saturated heterocycles. The van der Waals surface area contributed by atoms with Crippen molar-refractivity contribution >= 4 is 39.7 Å². The first-order chi connectivity index (χ1) is 13.3. The highest BCUT2D eigenvalue weighted by molar-refractivity contribution is 14.1. The molecular formula is C24H26INO. The molecule has 140 valence electrons. The van der Waals surface area contributed by atoms with Crippen molar-refractivity contribution in [1.82, 2.24) is 0 Å². The van der Waals surface area contributed by atoms with Crippen molar-refractivity contribution in [2.75, 3.05) is 11.5 Å². The topological polar surface area (TPSA) is 12.5 Å². The first-order valence-corrected chi connectivity index (χ1v) is 10.7. The van der Waals surface area contributed by atoms with E-state index in [1.807, 2.05) is 6.07 Å². The first-order valence-electron chi connectivity index (χ1n) is 9.61. The van der Waals surface area contributed by atoms with Crippen molar-refractivity contribution in [2.45, 2.75) is 32.6 Å². The molecule has 0 fully saturated rings. The molecule has 0 radical (unpaired) electrons. The second kappa shape index (κ2) is 10.4. The molecule has 0 aromatic heterocycles. The minimum Gasteiger partial charge on any atom is -0.494 e. The van der Waals surface area contributed by atoms with Crippen LogP contribution in [-0.2, 0) is 0 Å². The molecule has 0 bridgehead atoms. The van der Waals surface area contributed by atoms with E-state index in [4.69, 9.17) is 4.74 Å². The van der Waals surface area contributed by atoms with Crippen molar-refractivity contribution in [2.24, 2.45) is 0 Å². The molecule has 0 heterocycles. The minimum absolute atomic E-state index is 0.791. The Balaban J connectivity index is 1.77. The van der Waals surface area contributed by atoms with Crippen LogP contribution in [0, 0.1) is 3.57 Å². The number of rotatable bonds is 9. The van der Waals surface area contributed by atoms with E-state index < -0.39 is 0 Å². The molecule has 3 aromatic carbocycles. The monoisotopic (exact) mass is 471 g/mol. The quantitative estimate of drug-likeness (QED) is 0.234. The number of para-hydroxylation sites is 1. The molecule has 0 unspecified atom stereocenters. The van der Waals surface area contributed by atoms with Crippen LogP contribution in [0.1, 0.15) is 32.6 Å². The standard InChI is InChI=1S/C24H26INO/c1-2-3-4-8-19-27-24-17-15-23(16-18-24)26(21-9-6-5-7-10-21)22-13-11-20(25)12-14-22/h5-7,9-18H,2-4,8,19H2,1H3. The van der Waals surface area contributed by atoms with Crippen molar-refractivity contribution in [1.29, 1.82) is 0 Å². The summed E-state index contributed by atoms with van der Waals surface area (Å²) in [6.07, 6.45) is 4.89. The average Bonchev–Trinajstić information content (AvgIpc) is 2.71. The fraction of sp³-hybridized carbons (Fsp3) is 0.250. The van der Waals surface area contributed by atoms with Gasteiger partial charge in [-0.1, -0.05) is 44.4 Å². The van der Waals surface area contributed by atoms with E-state index in [0.29, 0.717) is 0 Å². The van der Waals surface area contributed by atoms with Gasteiger partial charge in [0.2, 0.25) is 0 Å². The molecule has 0 atom stereocenters. The Morgan fingerprint density at radius 1 is 0.704 bits per heavy atom. The summed E-state index contributed by atoms with van der Waals surface area (Å²) in [5.41, 5.74) is 3.42. The fourth-order valence-corrected chi connectivity index (χ4v) is 3.38. The number of ether oxygens (including phenoxy) is 1. The van der Waals surface area contributed by atoms with Gasteiger partial charge in [-0.3, -0.25) is 0 Å². The highest BCUT2D eigenvalue weighted by Gasteiger charge is 2.12. The normalized spacial score (nSPS) is 10.6. The summed E-state index contributed by atoms with van der Waals surface area (Å²) in [7, 11) is 0. The summed E-state index contributed by atoms with van der Waals surface area (Å²) in [5, 5.41) is 0. The Morgan fingerprint density at radius 3 is 1.93 bits per heavy atom. The summed E-state index contributed by atoms with van der Waals surface area (Å²) in [6, 6.07) is 27.5. The predicted molar refractivity (Wildman–Crippen MR) is 123 cm³/mol. The second-order valence-corrected chi connectivity index (χ2v) is 7.80. The number of benzene rings is 3. The van der Waals surface area contributed by atoms with Crippen LogP contribution in [-0.4, -0.2) is 6.61 Å². The van der Waals surface area contributed by atoms with Crippen LogP contribution in [0.4, 0.5) is 17.1 Å². The molecule has 27 heavy (non-hydrogen) atoms. The molecule has 0 aliphatic rings. The molecular weight excluding hydrogens is 445 g/mol. The maximum Gasteiger partial charge on any atom is 0.119 e. The smallest absolute Gasteiger partial charge is 0.119 e. The first kappa shape index (κ1) is 19.7. The number of nitrogens with zero attached hydrogens (tertiary/aromatic N) is 1. The lowest BCUT2D eigenvalue weighted by molar-refractivity contribution is 0.305. The van der Waals surface area contributed by atoms with Gasteiger partial charge >= 0.3 is 0 Å². The van der Waals surface area contributed by atoms with Gasteiger partial charge in [-0.25, -0.2) is 0 Å². The number of halogens is 1. The Labute approximate surface area is 176 Å². The van der Waals surface area contributed by atoms with Gasteiger partial charge in [0.1, 0.15) is 5.75 Å². The van der Waals surface area contributed by atoms with Crippen molar-refractivity contribution in [3.63, 3.8) is 0 Å². The Kier molecular flexibility index (Phi) is 7.57. The molecule has 0 amide bonds. The van der Waals surface area contributed by atoms with Crippen LogP contribution >= 0.6 is 22.6 Å². The molecule has 3 rings (SSSR count). The molecule has 2 nitrogen and oxygen atoms in total. The SMILES string of the molecule is CCCCCCOc1ccc(N(c2ccccc2)c2ccc(I)cc2)cc1. The van der Waals surface area contributed by atoms with E-state index in [-0.39, 0.29) is 0 Å². The molecule has 3 heteroatoms. The van der Waals surface area contributed by atoms with Gasteiger partial charge in [-0.05, 0) is 89.7 Å². The summed E-state index contributed by atoms with van der Waals surface area (Å²) in [5.74, 6) is 0.936. The van der Waals surface area contributed by atoms with E-state index in [0.717, 1.165) is 35.8 Å². The zero-order valence-corrected chi connectivity index (χ0v) is 17.9. The Morgan fingerprint density at radius 2 is 1.30 bits per heavy atom. The van der Waals surface area contributed by atoms with Crippen molar-refractivity contribution < 1.29 is 4.74 Å². The van der Waals surface area contributed by atoms with E-state index in [1.54, 1.807) is 0 Å². The van der Waals surface area contributed by atoms with E-state index >= 15 is 0 Å². The van der Waals surface area contributed by atoms with Gasteiger partial charge in [0, 0.05) is 20.6 Å². The minimum atomic E-state index is 0.791. The maximum atomic E-state index is 5.89. The van der Waals surface area contributed by atoms with Crippen LogP contribution in [0.25, 0.3) is 0 Å². The number of hydrogen-bond acceptors (Lipinski definition) is 2. The lowest BCUT2D eigenvalue weighted by atomic mass is 10.2. The third-order valence-electron chi connectivity index (χ3n) is 4.46. The fourth-order valence-electron chi connectivity index (χ4n) is 3.02. The van der Waals surface area contributed by atoms with E-state index in [1.165, 1.54) is 22.8 Å². The number of unbranched alkanes of at least 4 members (excludes halogenated alkanes) is 3. The van der Waals surface area contributed by atoms with Crippen molar-refractivity contribution in [3.8, 4) is 5.75 Å². The van der Waals surface area contributed by atoms with Crippen LogP contribution in [0.5, 0.6) is 5.75 Å². The number of anilines is 3. The Hall–Kier alpha value is -2.01. The van der Waals surface area contributed by atoms with Crippen LogP contribution < -0.4 is 9.64 Å². The summed E-state index contributed by atoms with van der Waals surface area (Å²) < 4.78 is 7.13. The largest absolute Gasteiger partial charge is 0.494 e. The van der Waals surface area contributed by atoms with Crippen molar-refractivity contribution in [3.05, 3.63) is 82.4 Å². The summed E-state index contributed by atoms with van der Waals surface area (Å²) >= 11 is 2.34. The van der Waals surface area contributed by atoms with Gasteiger partial charge in [0.15, 0.2) is 0 Å². The summed E-state index contributed by atoms with van der Waals surface area (Å²) in [4.78, 5) is 2.26. The van der Waals surface area contributed by atoms with Crippen LogP contribution in [0.15, 0.2) is 78.9 Å². The zero-order valence-electron chi connectivity index (χ0n) is 15.8. The van der Waals surface area contributed by atoms with Crippen LogP contribution in [0.3, 0.4) is 0 Å². The third kappa shape index (κ3) is 5.73. The van der Waals surface area contributed by atoms with Gasteiger partial charge < -0.3 is 9.64 Å². The van der Waals surface area contributed by atoms with Gasteiger partial charge in [0.25, 0.3) is 0 Å². The maximum absolute atomic E-state index is 5.89. The highest BCUT2D eigenvalue weighted by atomic mass is 127. The number of hydrogen-bond donors (Lipinski definition) is 0. The molecule has 0 aliphatic carbocycles. The third-order valence-corrected chi connectivity index (χ3v) is 5.18. The second-order valence-electron chi connectivity index (χ2n) is 6.55. The van der Waals surface area contributed by atoms with Gasteiger partial charge in [-0.2, -0.15) is 0 Å². The molecule has 3 aromatic rings. The molecule has 0 aliphatic heterocycles. The molecule has 0 N–H and O–H groups in total. The van der Waals surface area contributed by atoms with Crippen LogP contribution in [0.2, 0.25) is 0 Å².